The van der Waals surface area contributed by atoms with Gasteiger partial charge < -0.3 is 0 Å². The van der Waals surface area contributed by atoms with Crippen molar-refractivity contribution >= 4 is 22.1 Å². The predicted octanol–water partition coefficient (Wildman–Crippen LogP) is 0.261. The van der Waals surface area contributed by atoms with Crippen molar-refractivity contribution in [2.45, 2.75) is 0 Å². The van der Waals surface area contributed by atoms with Gasteiger partial charge in [0.25, 0.3) is 0 Å². The van der Waals surface area contributed by atoms with Crippen LogP contribution in [0.5, 0.6) is 0 Å². The van der Waals surface area contributed by atoms with Crippen LogP contribution in [-0.2, 0) is 0 Å². The first kappa shape index (κ1) is 7.98. The minimum Gasteiger partial charge on any atom is -0.290 e. The number of nitrogens with zero attached hydrogens (tertiary/aromatic N) is 4. The van der Waals surface area contributed by atoms with Crippen LogP contribution in [0, 0.1) is 0 Å². The SMILES string of the molecule is O=c1ncc2cc3cncnc3nc2[nH]1. The van der Waals surface area contributed by atoms with Gasteiger partial charge in [0.05, 0.1) is 0 Å². The smallest absolute Gasteiger partial charge is 0.290 e. The molecule has 1 N–H and O–H groups in total. The van der Waals surface area contributed by atoms with Gasteiger partial charge in [-0.15, -0.1) is 0 Å². The van der Waals surface area contributed by atoms with E-state index in [9.17, 15) is 4.79 Å². The van der Waals surface area contributed by atoms with E-state index < -0.39 is 5.69 Å². The first-order chi connectivity index (χ1) is 7.33. The highest BCUT2D eigenvalue weighted by Gasteiger charge is 2.01. The second-order valence-corrected chi connectivity index (χ2v) is 3.05. The summed E-state index contributed by atoms with van der Waals surface area (Å²) in [5.41, 5.74) is 0.629. The summed E-state index contributed by atoms with van der Waals surface area (Å²) in [4.78, 5) is 29.2. The van der Waals surface area contributed by atoms with Crippen LogP contribution in [0.4, 0.5) is 0 Å². The Balaban J connectivity index is 2.53. The summed E-state index contributed by atoms with van der Waals surface area (Å²) < 4.78 is 0. The first-order valence-corrected chi connectivity index (χ1v) is 4.29. The molecule has 0 fully saturated rings. The van der Waals surface area contributed by atoms with E-state index in [1.807, 2.05) is 6.07 Å². The summed E-state index contributed by atoms with van der Waals surface area (Å²) in [5.74, 6) is 0. The summed E-state index contributed by atoms with van der Waals surface area (Å²) in [6.45, 7) is 0. The number of nitrogens with one attached hydrogen (secondary N) is 1. The molecule has 0 amide bonds. The second-order valence-electron chi connectivity index (χ2n) is 3.05. The average molecular weight is 199 g/mol. The zero-order valence-corrected chi connectivity index (χ0v) is 7.51. The number of aromatic nitrogens is 5. The molecule has 3 rings (SSSR count). The van der Waals surface area contributed by atoms with Crippen molar-refractivity contribution in [2.24, 2.45) is 0 Å². The topological polar surface area (TPSA) is 84.4 Å². The van der Waals surface area contributed by atoms with Gasteiger partial charge in [0.2, 0.25) is 0 Å². The molecule has 0 saturated carbocycles. The normalized spacial score (nSPS) is 10.9. The maximum atomic E-state index is 11.0. The highest BCUT2D eigenvalue weighted by atomic mass is 16.1. The van der Waals surface area contributed by atoms with Gasteiger partial charge in [-0.25, -0.2) is 24.7 Å². The standard InChI is InChI=1S/C9H5N5O/c15-9-11-3-6-1-5-2-10-4-12-7(5)13-8(6)14-9/h1-4H,(H,10,11,12,13,14,15). The van der Waals surface area contributed by atoms with Gasteiger partial charge in [-0.2, -0.15) is 0 Å². The van der Waals surface area contributed by atoms with Gasteiger partial charge >= 0.3 is 5.69 Å². The zero-order valence-electron chi connectivity index (χ0n) is 7.51. The molecule has 0 radical (unpaired) electrons. The Morgan fingerprint density at radius 1 is 1.13 bits per heavy atom. The third kappa shape index (κ3) is 1.23. The van der Waals surface area contributed by atoms with Crippen molar-refractivity contribution in [2.75, 3.05) is 0 Å². The lowest BCUT2D eigenvalue weighted by molar-refractivity contribution is 1.09. The predicted molar refractivity (Wildman–Crippen MR) is 53.3 cm³/mol. The first-order valence-electron chi connectivity index (χ1n) is 4.29. The molecule has 3 heterocycles. The summed E-state index contributed by atoms with van der Waals surface area (Å²) in [7, 11) is 0. The number of rotatable bonds is 0. The summed E-state index contributed by atoms with van der Waals surface area (Å²) in [5, 5.41) is 1.58. The van der Waals surface area contributed by atoms with E-state index in [1.54, 1.807) is 6.20 Å². The summed E-state index contributed by atoms with van der Waals surface area (Å²) >= 11 is 0. The van der Waals surface area contributed by atoms with E-state index >= 15 is 0 Å². The fraction of sp³-hybridized carbons (Fsp3) is 0. The fourth-order valence-corrected chi connectivity index (χ4v) is 1.40. The Kier molecular flexibility index (Phi) is 1.49. The van der Waals surface area contributed by atoms with Gasteiger partial charge in [0, 0.05) is 23.2 Å². The third-order valence-corrected chi connectivity index (χ3v) is 2.07. The van der Waals surface area contributed by atoms with E-state index in [1.165, 1.54) is 12.5 Å². The van der Waals surface area contributed by atoms with Gasteiger partial charge in [0.15, 0.2) is 5.65 Å². The molecule has 6 heteroatoms. The Morgan fingerprint density at radius 2 is 2.07 bits per heavy atom. The Hall–Kier alpha value is -2.37. The lowest BCUT2D eigenvalue weighted by Gasteiger charge is -1.98. The molecule has 0 saturated heterocycles. The molecule has 6 nitrogen and oxygen atoms in total. The molecule has 3 aromatic rings. The van der Waals surface area contributed by atoms with E-state index in [2.05, 4.69) is 24.9 Å². The van der Waals surface area contributed by atoms with Crippen LogP contribution in [0.25, 0.3) is 22.1 Å². The van der Waals surface area contributed by atoms with Crippen LogP contribution in [0.15, 0.2) is 29.6 Å². The molecule has 72 valence electrons. The molecule has 0 spiro atoms. The van der Waals surface area contributed by atoms with Crippen LogP contribution < -0.4 is 5.69 Å². The lowest BCUT2D eigenvalue weighted by atomic mass is 10.3. The molecule has 0 bridgehead atoms. The molecule has 3 aromatic heterocycles. The highest BCUT2D eigenvalue weighted by Crippen LogP contribution is 2.12. The monoisotopic (exact) mass is 199 g/mol. The number of H-pyrrole nitrogens is 1. The van der Waals surface area contributed by atoms with Gasteiger partial charge in [-0.3, -0.25) is 4.98 Å². The molecular formula is C9H5N5O. The lowest BCUT2D eigenvalue weighted by Crippen LogP contribution is -2.09. The molecule has 0 aliphatic rings. The second kappa shape index (κ2) is 2.81. The van der Waals surface area contributed by atoms with Gasteiger partial charge in [0.1, 0.15) is 12.0 Å². The van der Waals surface area contributed by atoms with Crippen LogP contribution in [0.2, 0.25) is 0 Å². The minimum absolute atomic E-state index is 0.414. The minimum atomic E-state index is -0.414. The zero-order chi connectivity index (χ0) is 10.3. The summed E-state index contributed by atoms with van der Waals surface area (Å²) in [6, 6.07) is 1.83. The third-order valence-electron chi connectivity index (χ3n) is 2.07. The number of fused-ring (bicyclic) bond motifs is 2. The Bertz CT molecular complexity index is 705. The van der Waals surface area contributed by atoms with Crippen molar-refractivity contribution in [3.63, 3.8) is 0 Å². The number of hydrogen-bond acceptors (Lipinski definition) is 5. The van der Waals surface area contributed by atoms with Crippen molar-refractivity contribution in [1.29, 1.82) is 0 Å². The average Bonchev–Trinajstić information content (AvgIpc) is 2.26. The Labute approximate surface area is 83.1 Å². The number of pyridine rings is 1. The van der Waals surface area contributed by atoms with Crippen LogP contribution in [-0.4, -0.2) is 24.9 Å². The fourth-order valence-electron chi connectivity index (χ4n) is 1.40. The van der Waals surface area contributed by atoms with E-state index in [4.69, 9.17) is 0 Å². The van der Waals surface area contributed by atoms with Crippen LogP contribution in [0.3, 0.4) is 0 Å². The van der Waals surface area contributed by atoms with Crippen molar-refractivity contribution in [3.8, 4) is 0 Å². The quantitative estimate of drug-likeness (QED) is 0.525. The van der Waals surface area contributed by atoms with E-state index in [0.717, 1.165) is 10.8 Å². The maximum Gasteiger partial charge on any atom is 0.346 e. The van der Waals surface area contributed by atoms with E-state index in [0.29, 0.717) is 11.3 Å². The maximum absolute atomic E-state index is 11.0. The van der Waals surface area contributed by atoms with Crippen LogP contribution >= 0.6 is 0 Å². The van der Waals surface area contributed by atoms with E-state index in [-0.39, 0.29) is 0 Å². The van der Waals surface area contributed by atoms with Crippen LogP contribution in [0.1, 0.15) is 0 Å². The molecule has 0 aliphatic heterocycles. The molecule has 15 heavy (non-hydrogen) atoms. The van der Waals surface area contributed by atoms with Crippen molar-refractivity contribution in [1.82, 2.24) is 24.9 Å². The summed E-state index contributed by atoms with van der Waals surface area (Å²) in [6.07, 6.45) is 4.56. The van der Waals surface area contributed by atoms with Gasteiger partial charge in [-0.05, 0) is 6.07 Å². The number of aromatic amines is 1. The number of hydrogen-bond donors (Lipinski definition) is 1. The molecule has 0 unspecified atom stereocenters. The van der Waals surface area contributed by atoms with Crippen molar-refractivity contribution in [3.05, 3.63) is 35.3 Å². The highest BCUT2D eigenvalue weighted by molar-refractivity contribution is 5.87. The van der Waals surface area contributed by atoms with Crippen molar-refractivity contribution < 1.29 is 0 Å². The molecular weight excluding hydrogens is 194 g/mol. The molecule has 0 aliphatic carbocycles. The Morgan fingerprint density at radius 3 is 3.00 bits per heavy atom. The molecule has 0 aromatic carbocycles. The van der Waals surface area contributed by atoms with Gasteiger partial charge in [-0.1, -0.05) is 0 Å². The largest absolute Gasteiger partial charge is 0.346 e. The molecule has 0 atom stereocenters.